The fourth-order valence-electron chi connectivity index (χ4n) is 2.89. The molecule has 0 heterocycles. The maximum atomic E-state index is 13.8. The van der Waals surface area contributed by atoms with Crippen molar-refractivity contribution in [2.75, 3.05) is 13.6 Å². The van der Waals surface area contributed by atoms with Crippen molar-refractivity contribution >= 4 is 10.0 Å². The summed E-state index contributed by atoms with van der Waals surface area (Å²) < 4.78 is 41.0. The number of sulfonamides is 1. The number of benzene rings is 1. The maximum absolute atomic E-state index is 13.8. The van der Waals surface area contributed by atoms with Crippen molar-refractivity contribution in [1.29, 1.82) is 0 Å². The number of hydrogen-bond donors (Lipinski definition) is 2. The molecule has 1 aliphatic carbocycles. The van der Waals surface area contributed by atoms with E-state index in [0.29, 0.717) is 24.9 Å². The predicted molar refractivity (Wildman–Crippen MR) is 80.9 cm³/mol. The maximum Gasteiger partial charge on any atom is 0.243 e. The third-order valence-corrected chi connectivity index (χ3v) is 5.68. The monoisotopic (exact) mass is 314 g/mol. The van der Waals surface area contributed by atoms with Crippen LogP contribution in [0.25, 0.3) is 0 Å². The largest absolute Gasteiger partial charge is 0.316 e. The first-order valence-electron chi connectivity index (χ1n) is 7.36. The zero-order chi connectivity index (χ0) is 15.5. The molecule has 1 fully saturated rings. The van der Waals surface area contributed by atoms with Gasteiger partial charge in [-0.25, -0.2) is 17.5 Å². The van der Waals surface area contributed by atoms with Gasteiger partial charge in [0.15, 0.2) is 0 Å². The third kappa shape index (κ3) is 4.02. The summed E-state index contributed by atoms with van der Waals surface area (Å²) in [6.07, 6.45) is 3.31. The summed E-state index contributed by atoms with van der Waals surface area (Å²) in [4.78, 5) is -0.263. The predicted octanol–water partition coefficient (Wildman–Crippen LogP) is 2.26. The van der Waals surface area contributed by atoms with Crippen molar-refractivity contribution in [3.8, 4) is 0 Å². The van der Waals surface area contributed by atoms with E-state index in [1.807, 2.05) is 0 Å². The lowest BCUT2D eigenvalue weighted by atomic mass is 9.99. The van der Waals surface area contributed by atoms with Crippen LogP contribution < -0.4 is 10.0 Å². The molecule has 4 nitrogen and oxygen atoms in total. The van der Waals surface area contributed by atoms with Gasteiger partial charge in [-0.3, -0.25) is 0 Å². The van der Waals surface area contributed by atoms with Gasteiger partial charge in [-0.05, 0) is 43.0 Å². The normalized spacial score (nSPS) is 22.6. The van der Waals surface area contributed by atoms with Crippen LogP contribution >= 0.6 is 0 Å². The lowest BCUT2D eigenvalue weighted by molar-refractivity contribution is 0.414. The molecule has 2 atom stereocenters. The van der Waals surface area contributed by atoms with Crippen molar-refractivity contribution in [3.05, 3.63) is 29.6 Å². The fourth-order valence-corrected chi connectivity index (χ4v) is 4.11. The molecule has 0 radical (unpaired) electrons. The molecule has 2 unspecified atom stereocenters. The minimum atomic E-state index is -3.80. The minimum absolute atomic E-state index is 0.263. The Hall–Kier alpha value is -0.980. The average Bonchev–Trinajstić information content (AvgIpc) is 2.84. The zero-order valence-corrected chi connectivity index (χ0v) is 13.3. The molecule has 6 heteroatoms. The van der Waals surface area contributed by atoms with Crippen LogP contribution in [-0.4, -0.2) is 22.0 Å². The highest BCUT2D eigenvalue weighted by Crippen LogP contribution is 2.30. The Morgan fingerprint density at radius 3 is 2.71 bits per heavy atom. The third-order valence-electron chi connectivity index (χ3n) is 4.24. The van der Waals surface area contributed by atoms with Gasteiger partial charge in [0, 0.05) is 13.1 Å². The summed E-state index contributed by atoms with van der Waals surface area (Å²) >= 11 is 0. The van der Waals surface area contributed by atoms with Gasteiger partial charge in [0.05, 0.1) is 0 Å². The summed E-state index contributed by atoms with van der Waals surface area (Å²) in [5, 5.41) is 2.93. The fraction of sp³-hybridized carbons (Fsp3) is 0.600. The first-order valence-corrected chi connectivity index (χ1v) is 8.85. The van der Waals surface area contributed by atoms with Crippen molar-refractivity contribution in [1.82, 2.24) is 10.0 Å². The van der Waals surface area contributed by atoms with Gasteiger partial charge in [0.2, 0.25) is 10.0 Å². The van der Waals surface area contributed by atoms with Gasteiger partial charge in [-0.2, -0.15) is 0 Å². The Bertz CT molecular complexity index is 589. The number of nitrogens with one attached hydrogen (secondary N) is 2. The van der Waals surface area contributed by atoms with Crippen molar-refractivity contribution < 1.29 is 12.8 Å². The van der Waals surface area contributed by atoms with Gasteiger partial charge in [-0.15, -0.1) is 0 Å². The van der Waals surface area contributed by atoms with Gasteiger partial charge >= 0.3 is 0 Å². The molecule has 1 aliphatic rings. The van der Waals surface area contributed by atoms with Crippen LogP contribution in [0.5, 0.6) is 0 Å². The Morgan fingerprint density at radius 1 is 1.33 bits per heavy atom. The average molecular weight is 314 g/mol. The second-order valence-electron chi connectivity index (χ2n) is 5.82. The molecular formula is C15H23FN2O2S. The van der Waals surface area contributed by atoms with Crippen molar-refractivity contribution in [3.63, 3.8) is 0 Å². The van der Waals surface area contributed by atoms with Gasteiger partial charge in [-0.1, -0.05) is 25.8 Å². The highest BCUT2D eigenvalue weighted by atomic mass is 32.2. The van der Waals surface area contributed by atoms with E-state index in [2.05, 4.69) is 17.0 Å². The van der Waals surface area contributed by atoms with Crippen LogP contribution in [0.2, 0.25) is 0 Å². The van der Waals surface area contributed by atoms with Crippen LogP contribution in [0.4, 0.5) is 4.39 Å². The van der Waals surface area contributed by atoms with E-state index in [0.717, 1.165) is 24.8 Å². The standard InChI is InChI=1S/C15H23FN2O2S/c1-11-4-3-5-13(11)10-18-21(19,20)15-8-12(9-17-2)6-7-14(15)16/h6-8,11,13,17-18H,3-5,9-10H2,1-2H3. The number of hydrogen-bond acceptors (Lipinski definition) is 3. The highest BCUT2D eigenvalue weighted by molar-refractivity contribution is 7.89. The lowest BCUT2D eigenvalue weighted by Crippen LogP contribution is -2.31. The molecule has 1 saturated carbocycles. The molecule has 21 heavy (non-hydrogen) atoms. The first-order chi connectivity index (χ1) is 9.94. The Morgan fingerprint density at radius 2 is 2.10 bits per heavy atom. The van der Waals surface area contributed by atoms with Crippen LogP contribution in [0, 0.1) is 17.7 Å². The van der Waals surface area contributed by atoms with E-state index in [1.54, 1.807) is 13.1 Å². The minimum Gasteiger partial charge on any atom is -0.316 e. The van der Waals surface area contributed by atoms with Crippen molar-refractivity contribution in [2.24, 2.45) is 11.8 Å². The van der Waals surface area contributed by atoms with Crippen molar-refractivity contribution in [2.45, 2.75) is 37.6 Å². The second kappa shape index (κ2) is 6.85. The van der Waals surface area contributed by atoms with E-state index < -0.39 is 15.8 Å². The first kappa shape index (κ1) is 16.4. The summed E-state index contributed by atoms with van der Waals surface area (Å²) in [7, 11) is -2.03. The van der Waals surface area contributed by atoms with E-state index >= 15 is 0 Å². The molecule has 2 rings (SSSR count). The van der Waals surface area contributed by atoms with Gasteiger partial charge < -0.3 is 5.32 Å². The molecule has 118 valence electrons. The van der Waals surface area contributed by atoms with E-state index in [4.69, 9.17) is 0 Å². The quantitative estimate of drug-likeness (QED) is 0.847. The second-order valence-corrected chi connectivity index (χ2v) is 7.55. The molecule has 0 amide bonds. The zero-order valence-electron chi connectivity index (χ0n) is 12.5. The van der Waals surface area contributed by atoms with Crippen LogP contribution in [0.1, 0.15) is 31.7 Å². The van der Waals surface area contributed by atoms with E-state index in [1.165, 1.54) is 12.1 Å². The van der Waals surface area contributed by atoms with Crippen LogP contribution in [-0.2, 0) is 16.6 Å². The molecule has 0 spiro atoms. The van der Waals surface area contributed by atoms with E-state index in [9.17, 15) is 12.8 Å². The molecular weight excluding hydrogens is 291 g/mol. The van der Waals surface area contributed by atoms with Gasteiger partial charge in [0.25, 0.3) is 0 Å². The lowest BCUT2D eigenvalue weighted by Gasteiger charge is -2.16. The molecule has 1 aromatic carbocycles. The molecule has 0 bridgehead atoms. The Balaban J connectivity index is 2.13. The summed E-state index contributed by atoms with van der Waals surface area (Å²) in [5.74, 6) is 0.165. The Labute approximate surface area is 126 Å². The molecule has 0 aliphatic heterocycles. The van der Waals surface area contributed by atoms with E-state index in [-0.39, 0.29) is 4.90 Å². The Kier molecular flexibility index (Phi) is 5.35. The molecule has 0 saturated heterocycles. The van der Waals surface area contributed by atoms with Gasteiger partial charge in [0.1, 0.15) is 10.7 Å². The SMILES string of the molecule is CNCc1ccc(F)c(S(=O)(=O)NCC2CCCC2C)c1. The smallest absolute Gasteiger partial charge is 0.243 e. The summed E-state index contributed by atoms with van der Waals surface area (Å²) in [6.45, 7) is 3.03. The molecule has 0 aromatic heterocycles. The number of rotatable bonds is 6. The summed E-state index contributed by atoms with van der Waals surface area (Å²) in [6, 6.07) is 4.19. The molecule has 1 aromatic rings. The van der Waals surface area contributed by atoms with Crippen LogP contribution in [0.15, 0.2) is 23.1 Å². The summed E-state index contributed by atoms with van der Waals surface area (Å²) in [5.41, 5.74) is 0.744. The highest BCUT2D eigenvalue weighted by Gasteiger charge is 2.26. The molecule has 2 N–H and O–H groups in total. The topological polar surface area (TPSA) is 58.2 Å². The van der Waals surface area contributed by atoms with Crippen LogP contribution in [0.3, 0.4) is 0 Å². The number of halogens is 1.